The van der Waals surface area contributed by atoms with Crippen LogP contribution in [0.2, 0.25) is 0 Å². The fraction of sp³-hybridized carbons (Fsp3) is 0.700. The summed E-state index contributed by atoms with van der Waals surface area (Å²) in [4.78, 5) is 10.2. The molecule has 0 aliphatic carbocycles. The van der Waals surface area contributed by atoms with Crippen LogP contribution in [-0.4, -0.2) is 31.1 Å². The lowest BCUT2D eigenvalue weighted by molar-refractivity contribution is -0.136. The molecule has 0 aromatic heterocycles. The van der Waals surface area contributed by atoms with Crippen LogP contribution in [0, 0.1) is 5.92 Å². The number of ether oxygens (including phenoxy) is 2. The van der Waals surface area contributed by atoms with Gasteiger partial charge in [-0.15, -0.1) is 0 Å². The van der Waals surface area contributed by atoms with Crippen LogP contribution < -0.4 is 0 Å². The molecule has 1 N–H and O–H groups in total. The predicted molar refractivity (Wildman–Crippen MR) is 50.9 cm³/mol. The zero-order chi connectivity index (χ0) is 10.2. The zero-order valence-electron chi connectivity index (χ0n) is 8.15. The van der Waals surface area contributed by atoms with E-state index in [1.807, 2.05) is 12.2 Å². The maximum atomic E-state index is 10.2. The second-order valence-electron chi connectivity index (χ2n) is 3.36. The van der Waals surface area contributed by atoms with Crippen LogP contribution in [0.3, 0.4) is 0 Å². The van der Waals surface area contributed by atoms with Crippen molar-refractivity contribution in [3.8, 4) is 0 Å². The van der Waals surface area contributed by atoms with Gasteiger partial charge in [0, 0.05) is 12.3 Å². The Morgan fingerprint density at radius 2 is 2.07 bits per heavy atom. The van der Waals surface area contributed by atoms with Crippen LogP contribution in [0.5, 0.6) is 0 Å². The first-order valence-corrected chi connectivity index (χ1v) is 4.81. The van der Waals surface area contributed by atoms with Crippen molar-refractivity contribution in [3.63, 3.8) is 0 Å². The highest BCUT2D eigenvalue weighted by atomic mass is 16.7. The molecular weight excluding hydrogens is 184 g/mol. The van der Waals surface area contributed by atoms with Crippen LogP contribution in [-0.2, 0) is 14.3 Å². The predicted octanol–water partition coefficient (Wildman–Crippen LogP) is 1.42. The molecule has 1 saturated heterocycles. The Morgan fingerprint density at radius 3 is 2.71 bits per heavy atom. The molecule has 1 aliphatic heterocycles. The van der Waals surface area contributed by atoms with Gasteiger partial charge >= 0.3 is 5.97 Å². The van der Waals surface area contributed by atoms with E-state index in [-0.39, 0.29) is 6.42 Å². The van der Waals surface area contributed by atoms with E-state index in [4.69, 9.17) is 14.6 Å². The van der Waals surface area contributed by atoms with Gasteiger partial charge in [-0.3, -0.25) is 4.79 Å². The molecule has 1 heterocycles. The number of carboxylic acids is 1. The summed E-state index contributed by atoms with van der Waals surface area (Å²) in [5.74, 6) is -0.330. The summed E-state index contributed by atoms with van der Waals surface area (Å²) in [5.41, 5.74) is 0. The highest BCUT2D eigenvalue weighted by Gasteiger charge is 2.11. The first-order chi connectivity index (χ1) is 6.79. The van der Waals surface area contributed by atoms with Gasteiger partial charge in [0.2, 0.25) is 0 Å². The van der Waals surface area contributed by atoms with Gasteiger partial charge in [-0.25, -0.2) is 0 Å². The molecule has 0 bridgehead atoms. The van der Waals surface area contributed by atoms with E-state index in [2.05, 4.69) is 0 Å². The summed E-state index contributed by atoms with van der Waals surface area (Å²) < 4.78 is 10.3. The molecule has 0 aromatic carbocycles. The average Bonchev–Trinajstić information content (AvgIpc) is 2.18. The number of hydrogen-bond donors (Lipinski definition) is 1. The van der Waals surface area contributed by atoms with Crippen molar-refractivity contribution >= 4 is 5.97 Å². The second kappa shape index (κ2) is 6.56. The van der Waals surface area contributed by atoms with Crippen LogP contribution in [0.25, 0.3) is 0 Å². The van der Waals surface area contributed by atoms with Crippen molar-refractivity contribution in [1.29, 1.82) is 0 Å². The molecule has 1 rings (SSSR count). The summed E-state index contributed by atoms with van der Waals surface area (Å²) in [6, 6.07) is 0. The number of hydrogen-bond acceptors (Lipinski definition) is 3. The van der Waals surface area contributed by atoms with Gasteiger partial charge < -0.3 is 14.6 Å². The topological polar surface area (TPSA) is 55.8 Å². The van der Waals surface area contributed by atoms with Gasteiger partial charge in [0.1, 0.15) is 6.79 Å². The fourth-order valence-corrected chi connectivity index (χ4v) is 1.29. The molecule has 0 atom stereocenters. The quantitative estimate of drug-likeness (QED) is 0.682. The van der Waals surface area contributed by atoms with E-state index in [0.29, 0.717) is 19.1 Å². The van der Waals surface area contributed by atoms with Gasteiger partial charge in [-0.05, 0) is 12.8 Å². The minimum absolute atomic E-state index is 0.203. The second-order valence-corrected chi connectivity index (χ2v) is 3.36. The van der Waals surface area contributed by atoms with Gasteiger partial charge in [0.15, 0.2) is 0 Å². The Morgan fingerprint density at radius 1 is 1.36 bits per heavy atom. The first kappa shape index (κ1) is 11.2. The monoisotopic (exact) mass is 200 g/mol. The van der Waals surface area contributed by atoms with Crippen molar-refractivity contribution in [1.82, 2.24) is 0 Å². The van der Waals surface area contributed by atoms with E-state index in [1.165, 1.54) is 0 Å². The smallest absolute Gasteiger partial charge is 0.303 e. The summed E-state index contributed by atoms with van der Waals surface area (Å²) in [6.07, 6.45) is 5.62. The third-order valence-electron chi connectivity index (χ3n) is 2.03. The number of aliphatic carboxylic acids is 1. The summed E-state index contributed by atoms with van der Waals surface area (Å²) in [5, 5.41) is 8.39. The lowest BCUT2D eigenvalue weighted by atomic mass is 10.1. The van der Waals surface area contributed by atoms with Gasteiger partial charge in [0.05, 0.1) is 13.2 Å². The number of carboxylic acid groups (broad SMARTS) is 1. The summed E-state index contributed by atoms with van der Waals surface area (Å²) in [7, 11) is 0. The lowest BCUT2D eigenvalue weighted by Crippen LogP contribution is -2.23. The van der Waals surface area contributed by atoms with Crippen molar-refractivity contribution in [2.75, 3.05) is 20.0 Å². The Balaban J connectivity index is 2.03. The van der Waals surface area contributed by atoms with Crippen LogP contribution in [0.15, 0.2) is 12.2 Å². The standard InChI is InChI=1S/C10H16O4/c11-10(12)5-3-1-2-4-9-6-13-8-14-7-9/h1-2,9H,3-8H2,(H,11,12). The van der Waals surface area contributed by atoms with Crippen molar-refractivity contribution in [2.45, 2.75) is 19.3 Å². The third-order valence-corrected chi connectivity index (χ3v) is 2.03. The molecule has 0 amide bonds. The number of allylic oxidation sites excluding steroid dienone is 2. The molecule has 1 aliphatic rings. The molecule has 80 valence electrons. The van der Waals surface area contributed by atoms with Gasteiger partial charge in [0.25, 0.3) is 0 Å². The molecule has 0 radical (unpaired) electrons. The largest absolute Gasteiger partial charge is 0.481 e. The molecule has 0 unspecified atom stereocenters. The highest BCUT2D eigenvalue weighted by molar-refractivity contribution is 5.66. The summed E-state index contributed by atoms with van der Waals surface area (Å²) >= 11 is 0. The molecule has 14 heavy (non-hydrogen) atoms. The van der Waals surface area contributed by atoms with Crippen LogP contribution in [0.4, 0.5) is 0 Å². The normalized spacial score (nSPS) is 18.9. The average molecular weight is 200 g/mol. The van der Waals surface area contributed by atoms with E-state index < -0.39 is 5.97 Å². The third kappa shape index (κ3) is 4.99. The first-order valence-electron chi connectivity index (χ1n) is 4.81. The SMILES string of the molecule is O=C(O)CCC=CCC1COCOC1. The maximum absolute atomic E-state index is 10.2. The van der Waals surface area contributed by atoms with E-state index in [9.17, 15) is 4.79 Å². The van der Waals surface area contributed by atoms with E-state index >= 15 is 0 Å². The van der Waals surface area contributed by atoms with E-state index in [0.717, 1.165) is 19.6 Å². The minimum atomic E-state index is -0.751. The highest BCUT2D eigenvalue weighted by Crippen LogP contribution is 2.10. The Labute approximate surface area is 83.5 Å². The molecule has 0 saturated carbocycles. The molecule has 0 aromatic rings. The van der Waals surface area contributed by atoms with Crippen molar-refractivity contribution < 1.29 is 19.4 Å². The lowest BCUT2D eigenvalue weighted by Gasteiger charge is -2.20. The Kier molecular flexibility index (Phi) is 5.25. The summed E-state index contributed by atoms with van der Waals surface area (Å²) in [6.45, 7) is 1.88. The zero-order valence-corrected chi connectivity index (χ0v) is 8.15. The van der Waals surface area contributed by atoms with Gasteiger partial charge in [-0.2, -0.15) is 0 Å². The van der Waals surface area contributed by atoms with Crippen LogP contribution in [0.1, 0.15) is 19.3 Å². The molecule has 0 spiro atoms. The number of carbonyl (C=O) groups is 1. The Hall–Kier alpha value is -0.870. The van der Waals surface area contributed by atoms with Crippen molar-refractivity contribution in [2.24, 2.45) is 5.92 Å². The minimum Gasteiger partial charge on any atom is -0.481 e. The Bertz CT molecular complexity index is 194. The van der Waals surface area contributed by atoms with Crippen LogP contribution >= 0.6 is 0 Å². The van der Waals surface area contributed by atoms with Gasteiger partial charge in [-0.1, -0.05) is 12.2 Å². The molecule has 1 fully saturated rings. The molecular formula is C10H16O4. The van der Waals surface area contributed by atoms with E-state index in [1.54, 1.807) is 0 Å². The maximum Gasteiger partial charge on any atom is 0.303 e. The molecule has 4 nitrogen and oxygen atoms in total. The molecule has 4 heteroatoms. The fourth-order valence-electron chi connectivity index (χ4n) is 1.29. The van der Waals surface area contributed by atoms with Crippen molar-refractivity contribution in [3.05, 3.63) is 12.2 Å². The number of rotatable bonds is 5.